The average Bonchev–Trinajstić information content (AvgIpc) is 3.16. The number of aromatic nitrogens is 2. The van der Waals surface area contributed by atoms with E-state index >= 15 is 4.39 Å². The molecule has 1 aliphatic heterocycles. The zero-order chi connectivity index (χ0) is 32.5. The second-order valence-electron chi connectivity index (χ2n) is 14.3. The molecule has 0 unspecified atom stereocenters. The van der Waals surface area contributed by atoms with Gasteiger partial charge < -0.3 is 0 Å². The van der Waals surface area contributed by atoms with E-state index in [-0.39, 0.29) is 11.2 Å². The third-order valence-corrected chi connectivity index (χ3v) is 11.2. The lowest BCUT2D eigenvalue weighted by Gasteiger charge is -2.37. The van der Waals surface area contributed by atoms with Gasteiger partial charge in [-0.2, -0.15) is 9.13 Å². The van der Waals surface area contributed by atoms with E-state index in [2.05, 4.69) is 138 Å². The number of halogens is 1. The first-order chi connectivity index (χ1) is 22.0. The molecule has 0 amide bonds. The van der Waals surface area contributed by atoms with Gasteiger partial charge in [-0.1, -0.05) is 76.9 Å². The quantitative estimate of drug-likeness (QED) is 0.162. The summed E-state index contributed by atoms with van der Waals surface area (Å²) in [6.45, 7) is 17.9. The van der Waals surface area contributed by atoms with Gasteiger partial charge in [-0.3, -0.25) is 0 Å². The summed E-state index contributed by atoms with van der Waals surface area (Å²) in [5, 5.41) is 2.51. The number of unbranched alkanes of at least 4 members (excludes halogenated alkanes) is 1. The average molecular weight is 611 g/mol. The van der Waals surface area contributed by atoms with Crippen LogP contribution in [0.2, 0.25) is 0 Å². The molecular formula is C43H47FN2+2. The first-order valence-electron chi connectivity index (χ1n) is 17.2. The van der Waals surface area contributed by atoms with Gasteiger partial charge in [0.2, 0.25) is 17.6 Å². The minimum absolute atomic E-state index is 0.111. The number of aryl methyl sites for hydroxylation is 4. The molecule has 5 aromatic rings. The van der Waals surface area contributed by atoms with E-state index < -0.39 is 5.41 Å². The second kappa shape index (κ2) is 11.0. The molecule has 3 heterocycles. The molecule has 0 radical (unpaired) electrons. The van der Waals surface area contributed by atoms with Gasteiger partial charge in [0.25, 0.3) is 5.70 Å². The Kier molecular flexibility index (Phi) is 7.31. The topological polar surface area (TPSA) is 7.76 Å². The van der Waals surface area contributed by atoms with Crippen LogP contribution < -0.4 is 9.13 Å². The maximum absolute atomic E-state index is 16.5. The fourth-order valence-corrected chi connectivity index (χ4v) is 8.55. The Labute approximate surface area is 274 Å². The van der Waals surface area contributed by atoms with Crippen LogP contribution in [0.15, 0.2) is 73.1 Å². The van der Waals surface area contributed by atoms with Crippen LogP contribution >= 0.6 is 0 Å². The summed E-state index contributed by atoms with van der Waals surface area (Å²) in [5.74, 6) is -0.111. The molecule has 0 saturated carbocycles. The Morgan fingerprint density at radius 1 is 0.783 bits per heavy atom. The van der Waals surface area contributed by atoms with Crippen molar-refractivity contribution < 1.29 is 13.5 Å². The van der Waals surface area contributed by atoms with Crippen LogP contribution in [-0.4, -0.2) is 0 Å². The first-order valence-corrected chi connectivity index (χ1v) is 17.2. The van der Waals surface area contributed by atoms with Crippen LogP contribution in [0.5, 0.6) is 0 Å². The Morgan fingerprint density at radius 3 is 2.28 bits per heavy atom. The number of nitrogens with zero attached hydrogens (tertiary/aromatic N) is 2. The minimum atomic E-state index is -0.485. The van der Waals surface area contributed by atoms with Crippen molar-refractivity contribution in [2.24, 2.45) is 0 Å². The second-order valence-corrected chi connectivity index (χ2v) is 14.3. The fraction of sp³-hybridized carbons (Fsp3) is 0.349. The van der Waals surface area contributed by atoms with Crippen LogP contribution in [-0.2, 0) is 17.3 Å². The molecule has 0 spiro atoms. The molecule has 3 heteroatoms. The normalized spacial score (nSPS) is 15.5. The lowest BCUT2D eigenvalue weighted by atomic mass is 9.64. The monoisotopic (exact) mass is 610 g/mol. The largest absolute Gasteiger partial charge is 0.262 e. The van der Waals surface area contributed by atoms with Crippen molar-refractivity contribution in [3.8, 4) is 22.5 Å². The van der Waals surface area contributed by atoms with Gasteiger partial charge in [-0.25, -0.2) is 4.39 Å². The van der Waals surface area contributed by atoms with Crippen LogP contribution in [0.1, 0.15) is 99.2 Å². The number of allylic oxidation sites excluding steroid dienone is 1. The predicted molar refractivity (Wildman–Crippen MR) is 189 cm³/mol. The standard InChI is InChI=1S/C43H47FN2/c1-9-12-13-30-24-31-19-20-45-26-37(46-21-18-28(5)23-36(46)32-22-27(4)14-15-29(32)6)43(10-2,11-3)33-16-17-35(44)40-39(33)41(45)38(31)34(25-30)42(40,7)8/h14-26H,9-13H2,1-8H3/q+2. The van der Waals surface area contributed by atoms with E-state index in [1.165, 1.54) is 61.1 Å². The minimum Gasteiger partial charge on any atom is -0.207 e. The fourth-order valence-electron chi connectivity index (χ4n) is 8.55. The third kappa shape index (κ3) is 4.34. The van der Waals surface area contributed by atoms with E-state index in [9.17, 15) is 0 Å². The SMILES string of the molecule is CCCCc1cc2c3c4[n+](ccc3c1)C=C([n+]1ccc(C)cc1-c1cc(C)ccc1C)C(CC)(CC)c1ccc(F)c(c1-4)C2(C)C. The third-order valence-electron chi connectivity index (χ3n) is 11.2. The highest BCUT2D eigenvalue weighted by Gasteiger charge is 2.51. The zero-order valence-electron chi connectivity index (χ0n) is 28.8. The molecule has 0 fully saturated rings. The summed E-state index contributed by atoms with van der Waals surface area (Å²) in [4.78, 5) is 0. The predicted octanol–water partition coefficient (Wildman–Crippen LogP) is 10.3. The Morgan fingerprint density at radius 2 is 1.54 bits per heavy atom. The number of pyridine rings is 2. The summed E-state index contributed by atoms with van der Waals surface area (Å²) < 4.78 is 21.2. The summed E-state index contributed by atoms with van der Waals surface area (Å²) in [5.41, 5.74) is 13.4. The summed E-state index contributed by atoms with van der Waals surface area (Å²) in [6, 6.07) is 22.2. The van der Waals surface area contributed by atoms with E-state index in [0.29, 0.717) is 0 Å². The van der Waals surface area contributed by atoms with Crippen molar-refractivity contribution in [2.45, 2.75) is 98.3 Å². The molecule has 0 N–H and O–H groups in total. The molecular weight excluding hydrogens is 563 g/mol. The van der Waals surface area contributed by atoms with E-state index in [1.807, 2.05) is 0 Å². The van der Waals surface area contributed by atoms with E-state index in [1.54, 1.807) is 6.07 Å². The van der Waals surface area contributed by atoms with Crippen molar-refractivity contribution in [3.63, 3.8) is 0 Å². The van der Waals surface area contributed by atoms with Crippen LogP contribution in [0.3, 0.4) is 0 Å². The summed E-state index contributed by atoms with van der Waals surface area (Å²) >= 11 is 0. The smallest absolute Gasteiger partial charge is 0.207 e. The van der Waals surface area contributed by atoms with E-state index in [0.717, 1.165) is 48.9 Å². The number of hydrogen-bond donors (Lipinski definition) is 0. The van der Waals surface area contributed by atoms with Gasteiger partial charge in [0.1, 0.15) is 5.82 Å². The number of benzene rings is 3. The Hall–Kier alpha value is -4.11. The Bertz CT molecular complexity index is 2080. The summed E-state index contributed by atoms with van der Waals surface area (Å²) in [6.07, 6.45) is 12.0. The number of rotatable bonds is 7. The molecule has 0 bridgehead atoms. The highest BCUT2D eigenvalue weighted by atomic mass is 19.1. The van der Waals surface area contributed by atoms with Gasteiger partial charge in [-0.05, 0) is 91.8 Å². The molecule has 7 rings (SSSR count). The number of hydrogen-bond acceptors (Lipinski definition) is 0. The van der Waals surface area contributed by atoms with Gasteiger partial charge >= 0.3 is 0 Å². The molecule has 2 nitrogen and oxygen atoms in total. The lowest BCUT2D eigenvalue weighted by Crippen LogP contribution is -2.46. The van der Waals surface area contributed by atoms with Crippen molar-refractivity contribution >= 4 is 22.7 Å². The van der Waals surface area contributed by atoms with E-state index in [4.69, 9.17) is 0 Å². The van der Waals surface area contributed by atoms with Gasteiger partial charge in [0.05, 0.1) is 16.4 Å². The molecule has 46 heavy (non-hydrogen) atoms. The van der Waals surface area contributed by atoms with Gasteiger partial charge in [0.15, 0.2) is 12.4 Å². The van der Waals surface area contributed by atoms with Crippen molar-refractivity contribution in [1.29, 1.82) is 0 Å². The van der Waals surface area contributed by atoms with Crippen molar-refractivity contribution in [3.05, 3.63) is 118 Å². The van der Waals surface area contributed by atoms with Crippen LogP contribution in [0, 0.1) is 26.6 Å². The highest BCUT2D eigenvalue weighted by Crippen LogP contribution is 2.55. The van der Waals surface area contributed by atoms with Crippen molar-refractivity contribution in [1.82, 2.24) is 0 Å². The van der Waals surface area contributed by atoms with Crippen LogP contribution in [0.4, 0.5) is 4.39 Å². The maximum atomic E-state index is 16.5. The molecule has 1 aliphatic carbocycles. The van der Waals surface area contributed by atoms with Crippen LogP contribution in [0.25, 0.3) is 45.2 Å². The molecule has 2 aromatic heterocycles. The summed E-state index contributed by atoms with van der Waals surface area (Å²) in [7, 11) is 0. The highest BCUT2D eigenvalue weighted by molar-refractivity contribution is 6.02. The molecule has 0 atom stereocenters. The zero-order valence-corrected chi connectivity index (χ0v) is 28.8. The molecule has 0 saturated heterocycles. The molecule has 234 valence electrons. The first kappa shape index (κ1) is 30.5. The maximum Gasteiger partial charge on any atom is 0.262 e. The van der Waals surface area contributed by atoms with Gasteiger partial charge in [-0.15, -0.1) is 0 Å². The van der Waals surface area contributed by atoms with Crippen molar-refractivity contribution in [2.75, 3.05) is 0 Å². The van der Waals surface area contributed by atoms with Gasteiger partial charge in [0, 0.05) is 34.7 Å². The molecule has 3 aromatic carbocycles. The lowest BCUT2D eigenvalue weighted by molar-refractivity contribution is -0.594. The molecule has 2 aliphatic rings. The Balaban J connectivity index is 1.64.